The van der Waals surface area contributed by atoms with Crippen LogP contribution >= 0.6 is 23.5 Å². The third-order valence-corrected chi connectivity index (χ3v) is 9.87. The molecule has 0 unspecified atom stereocenters. The minimum Gasteiger partial charge on any atom is -0.505 e. The lowest BCUT2D eigenvalue weighted by Gasteiger charge is -2.14. The van der Waals surface area contributed by atoms with Gasteiger partial charge in [-0.3, -0.25) is 14.4 Å². The lowest BCUT2D eigenvalue weighted by atomic mass is 10.0. The summed E-state index contributed by atoms with van der Waals surface area (Å²) in [5.41, 5.74) is 1.58. The molecule has 15 nitrogen and oxygen atoms in total. The first-order valence-corrected chi connectivity index (χ1v) is 19.7. The minimum absolute atomic E-state index is 0.0235. The first-order valence-electron chi connectivity index (χ1n) is 17.7. The van der Waals surface area contributed by atoms with Gasteiger partial charge in [0.2, 0.25) is 0 Å². The molecule has 2 heterocycles. The van der Waals surface area contributed by atoms with E-state index >= 15 is 0 Å². The van der Waals surface area contributed by atoms with Gasteiger partial charge in [-0.2, -0.15) is 0 Å². The van der Waals surface area contributed by atoms with Crippen LogP contribution in [-0.2, 0) is 28.5 Å². The van der Waals surface area contributed by atoms with Gasteiger partial charge in [-0.25, -0.2) is 0 Å². The average Bonchev–Trinajstić information content (AvgIpc) is 3.80. The second-order valence-corrected chi connectivity index (χ2v) is 14.9. The van der Waals surface area contributed by atoms with Crippen LogP contribution in [0.2, 0.25) is 0 Å². The maximum atomic E-state index is 13.8. The van der Waals surface area contributed by atoms with Crippen molar-refractivity contribution in [2.24, 2.45) is 0 Å². The zero-order valence-corrected chi connectivity index (χ0v) is 32.7. The topological polar surface area (TPSA) is 190 Å². The van der Waals surface area contributed by atoms with Crippen LogP contribution in [0, 0.1) is 0 Å². The van der Waals surface area contributed by atoms with Crippen LogP contribution in [0.4, 0.5) is 0 Å². The summed E-state index contributed by atoms with van der Waals surface area (Å²) < 4.78 is 21.3. The van der Waals surface area contributed by atoms with E-state index in [1.165, 1.54) is 29.6 Å². The molecule has 0 amide bonds. The van der Waals surface area contributed by atoms with Crippen molar-refractivity contribution in [1.29, 1.82) is 0 Å². The largest absolute Gasteiger partial charge is 0.505 e. The van der Waals surface area contributed by atoms with Crippen LogP contribution in [0.5, 0.6) is 11.5 Å². The Bertz CT molecular complexity index is 2350. The molecule has 0 fully saturated rings. The molecule has 0 spiro atoms. The predicted molar refractivity (Wildman–Crippen MR) is 210 cm³/mol. The lowest BCUT2D eigenvalue weighted by molar-refractivity contribution is -0.143. The minimum atomic E-state index is -0.558. The number of fused-ring (bicyclic) bond motifs is 2. The fraction of sp³-hybridized carbons (Fsp3) is 0.308. The van der Waals surface area contributed by atoms with Gasteiger partial charge >= 0.3 is 11.9 Å². The van der Waals surface area contributed by atoms with Crippen LogP contribution in [-0.4, -0.2) is 108 Å². The number of aromatic hydroxyl groups is 2. The smallest absolute Gasteiger partial charge is 0.316 e. The molecule has 56 heavy (non-hydrogen) atoms. The standard InChI is InChI=1S/C39H40N6O9S2/c1-23(2)51-14-16-53-34(46)21-55-26-10-12-29-31(18-26)42-44(40-29)33-20-28(37(48)25-8-6-5-7-9-25)38(49)36(39(33)50)45-41-30-13-11-27(19-32(30)43-45)56-22-35(47)54-17-15-52-24(3)4/h5-13,18-20,23-24,49-50H,14-17,21-22H2,1-4H3. The first kappa shape index (κ1) is 40.2. The molecule has 2 aromatic heterocycles. The maximum absolute atomic E-state index is 13.8. The molecule has 0 aliphatic rings. The van der Waals surface area contributed by atoms with Crippen molar-refractivity contribution in [2.75, 3.05) is 37.9 Å². The fourth-order valence-corrected chi connectivity index (χ4v) is 6.77. The van der Waals surface area contributed by atoms with Crippen LogP contribution in [0.25, 0.3) is 33.4 Å². The summed E-state index contributed by atoms with van der Waals surface area (Å²) in [7, 11) is 0. The lowest BCUT2D eigenvalue weighted by Crippen LogP contribution is -2.14. The number of thioether (sulfide) groups is 2. The van der Waals surface area contributed by atoms with Crippen LogP contribution in [0.1, 0.15) is 43.6 Å². The summed E-state index contributed by atoms with van der Waals surface area (Å²) in [5.74, 6) is -2.24. The van der Waals surface area contributed by atoms with Crippen molar-refractivity contribution in [3.8, 4) is 22.9 Å². The van der Waals surface area contributed by atoms with Crippen molar-refractivity contribution in [3.63, 3.8) is 0 Å². The number of carbonyl (C=O) groups is 3. The average molecular weight is 801 g/mol. The van der Waals surface area contributed by atoms with Gasteiger partial charge in [-0.15, -0.1) is 53.5 Å². The Morgan fingerprint density at radius 2 is 1.12 bits per heavy atom. The Labute approximate surface area is 330 Å². The molecule has 6 rings (SSSR count). The summed E-state index contributed by atoms with van der Waals surface area (Å²) in [6, 6.07) is 20.1. The van der Waals surface area contributed by atoms with Gasteiger partial charge in [0.1, 0.15) is 41.0 Å². The Morgan fingerprint density at radius 1 is 0.625 bits per heavy atom. The van der Waals surface area contributed by atoms with Crippen LogP contribution < -0.4 is 0 Å². The van der Waals surface area contributed by atoms with E-state index in [0.717, 1.165) is 14.5 Å². The molecule has 6 aromatic rings. The zero-order chi connectivity index (χ0) is 39.8. The second kappa shape index (κ2) is 18.4. The van der Waals surface area contributed by atoms with Crippen LogP contribution in [0.15, 0.2) is 82.6 Å². The first-order chi connectivity index (χ1) is 27.0. The summed E-state index contributed by atoms with van der Waals surface area (Å²) in [4.78, 5) is 42.0. The molecule has 17 heteroatoms. The van der Waals surface area contributed by atoms with Crippen molar-refractivity contribution < 1.29 is 43.5 Å². The van der Waals surface area contributed by atoms with Crippen molar-refractivity contribution in [2.45, 2.75) is 49.7 Å². The number of ketones is 1. The number of phenolic OH excluding ortho intramolecular Hbond substituents is 2. The summed E-state index contributed by atoms with van der Waals surface area (Å²) in [6.45, 7) is 8.55. The van der Waals surface area contributed by atoms with Crippen molar-refractivity contribution >= 4 is 63.3 Å². The summed E-state index contributed by atoms with van der Waals surface area (Å²) in [6.07, 6.45) is 0.0830. The number of rotatable bonds is 18. The van der Waals surface area contributed by atoms with Gasteiger partial charge in [-0.05, 0) is 70.2 Å². The number of nitrogens with zero attached hydrogens (tertiary/aromatic N) is 6. The third kappa shape index (κ3) is 10.0. The molecule has 2 N–H and O–H groups in total. The van der Waals surface area contributed by atoms with Gasteiger partial charge in [0.25, 0.3) is 0 Å². The molecular weight excluding hydrogens is 761 g/mol. The number of hydrogen-bond donors (Lipinski definition) is 2. The molecule has 0 aliphatic carbocycles. The van der Waals surface area contributed by atoms with Gasteiger partial charge in [-0.1, -0.05) is 30.3 Å². The quantitative estimate of drug-likeness (QED) is 0.0451. The SMILES string of the molecule is CC(C)OCCOC(=O)CSc1ccc2nn(-c3cc(C(=O)c4ccccc4)c(O)c(-n4nc5ccc(SCC(=O)OCCOC(C)C)cc5n4)c3O)nc2c1. The van der Waals surface area contributed by atoms with Crippen molar-refractivity contribution in [3.05, 3.63) is 83.9 Å². The van der Waals surface area contributed by atoms with E-state index in [-0.39, 0.29) is 59.8 Å². The zero-order valence-electron chi connectivity index (χ0n) is 31.1. The van der Waals surface area contributed by atoms with E-state index in [2.05, 4.69) is 20.4 Å². The number of carbonyl (C=O) groups excluding carboxylic acids is 3. The third-order valence-electron chi connectivity index (χ3n) is 7.94. The van der Waals surface area contributed by atoms with Gasteiger partial charge in [0.05, 0.1) is 42.5 Å². The second-order valence-electron chi connectivity index (χ2n) is 12.8. The van der Waals surface area contributed by atoms with E-state index < -0.39 is 23.3 Å². The molecular formula is C39H40N6O9S2. The number of aromatic nitrogens is 6. The summed E-state index contributed by atoms with van der Waals surface area (Å²) in [5, 5.41) is 41.5. The normalized spacial score (nSPS) is 11.5. The van der Waals surface area contributed by atoms with Gasteiger partial charge in [0.15, 0.2) is 23.0 Å². The van der Waals surface area contributed by atoms with E-state index in [0.29, 0.717) is 45.7 Å². The fourth-order valence-electron chi connectivity index (χ4n) is 5.32. The van der Waals surface area contributed by atoms with E-state index in [4.69, 9.17) is 18.9 Å². The maximum Gasteiger partial charge on any atom is 0.316 e. The Balaban J connectivity index is 1.28. The number of phenols is 2. The molecule has 0 atom stereocenters. The van der Waals surface area contributed by atoms with Gasteiger partial charge < -0.3 is 29.2 Å². The number of esters is 2. The van der Waals surface area contributed by atoms with E-state index in [1.54, 1.807) is 66.7 Å². The van der Waals surface area contributed by atoms with E-state index in [9.17, 15) is 24.6 Å². The van der Waals surface area contributed by atoms with Crippen molar-refractivity contribution in [1.82, 2.24) is 30.0 Å². The molecule has 292 valence electrons. The molecule has 0 saturated heterocycles. The Morgan fingerprint density at radius 3 is 1.66 bits per heavy atom. The number of ether oxygens (including phenoxy) is 4. The highest BCUT2D eigenvalue weighted by Gasteiger charge is 2.27. The highest BCUT2D eigenvalue weighted by atomic mass is 32.2. The molecule has 0 radical (unpaired) electrons. The van der Waals surface area contributed by atoms with Gasteiger partial charge in [0, 0.05) is 15.4 Å². The molecule has 4 aromatic carbocycles. The summed E-state index contributed by atoms with van der Waals surface area (Å²) >= 11 is 2.51. The molecule has 0 saturated carbocycles. The number of benzene rings is 4. The highest BCUT2D eigenvalue weighted by molar-refractivity contribution is 8.00. The predicted octanol–water partition coefficient (Wildman–Crippen LogP) is 5.92. The highest BCUT2D eigenvalue weighted by Crippen LogP contribution is 2.40. The van der Waals surface area contributed by atoms with E-state index in [1.807, 2.05) is 27.7 Å². The van der Waals surface area contributed by atoms with Crippen LogP contribution in [0.3, 0.4) is 0 Å². The Hall–Kier alpha value is -5.49. The number of hydrogen-bond acceptors (Lipinski definition) is 15. The monoisotopic (exact) mass is 800 g/mol. The Kier molecular flexibility index (Phi) is 13.2. The molecule has 0 aliphatic heterocycles. The molecule has 0 bridgehead atoms.